The summed E-state index contributed by atoms with van der Waals surface area (Å²) in [6.07, 6.45) is 8.49. The maximum atomic E-state index is 14.3. The third-order valence-corrected chi connectivity index (χ3v) is 4.40. The molecule has 1 aliphatic rings. The Balaban J connectivity index is 1.90. The second kappa shape index (κ2) is 8.17. The molecule has 1 fully saturated rings. The number of nitrogens with two attached hydrogens (primary N) is 1. The van der Waals surface area contributed by atoms with Crippen LogP contribution in [0, 0.1) is 17.6 Å². The molecule has 1 aromatic heterocycles. The van der Waals surface area contributed by atoms with Crippen LogP contribution in [0.5, 0.6) is 0 Å². The summed E-state index contributed by atoms with van der Waals surface area (Å²) >= 11 is 0. The highest BCUT2D eigenvalue weighted by Gasteiger charge is 2.29. The molecular weight excluding hydrogens is 360 g/mol. The van der Waals surface area contributed by atoms with Crippen molar-refractivity contribution in [3.05, 3.63) is 78.0 Å². The van der Waals surface area contributed by atoms with E-state index in [1.807, 2.05) is 0 Å². The lowest BCUT2D eigenvalue weighted by Gasteiger charge is -2.10. The summed E-state index contributed by atoms with van der Waals surface area (Å²) in [5, 5.41) is 2.79. The number of allylic oxidation sites excluding steroid dienone is 5. The van der Waals surface area contributed by atoms with Crippen LogP contribution in [0.4, 0.5) is 20.3 Å². The molecule has 1 aliphatic carbocycles. The van der Waals surface area contributed by atoms with E-state index in [1.54, 1.807) is 43.5 Å². The molecule has 0 radical (unpaired) electrons. The van der Waals surface area contributed by atoms with Crippen molar-refractivity contribution >= 4 is 28.6 Å². The normalized spacial score (nSPS) is 14.3. The van der Waals surface area contributed by atoms with Gasteiger partial charge >= 0.3 is 0 Å². The van der Waals surface area contributed by atoms with Crippen LogP contribution in [0.3, 0.4) is 0 Å². The smallest absolute Gasteiger partial charge is 0.228 e. The highest BCUT2D eigenvalue weighted by Crippen LogP contribution is 2.31. The number of benzene rings is 1. The summed E-state index contributed by atoms with van der Waals surface area (Å²) in [4.78, 5) is 16.1. The van der Waals surface area contributed by atoms with Crippen LogP contribution < -0.4 is 11.1 Å². The van der Waals surface area contributed by atoms with Gasteiger partial charge in [0, 0.05) is 23.7 Å². The maximum Gasteiger partial charge on any atom is 0.228 e. The fraction of sp³-hybridized carbons (Fsp3) is 0.182. The first-order valence-electron chi connectivity index (χ1n) is 8.94. The van der Waals surface area contributed by atoms with E-state index in [-0.39, 0.29) is 23.1 Å². The molecule has 6 heteroatoms. The van der Waals surface area contributed by atoms with E-state index in [4.69, 9.17) is 5.73 Å². The van der Waals surface area contributed by atoms with E-state index < -0.39 is 11.6 Å². The minimum atomic E-state index is -0.801. The first-order valence-corrected chi connectivity index (χ1v) is 8.94. The van der Waals surface area contributed by atoms with Crippen LogP contribution in [0.25, 0.3) is 11.1 Å². The van der Waals surface area contributed by atoms with Crippen molar-refractivity contribution in [3.63, 3.8) is 0 Å². The fourth-order valence-electron chi connectivity index (χ4n) is 2.73. The Labute approximate surface area is 162 Å². The lowest BCUT2D eigenvalue weighted by Crippen LogP contribution is -2.14. The van der Waals surface area contributed by atoms with E-state index >= 15 is 0 Å². The molecule has 2 aromatic rings. The zero-order valence-electron chi connectivity index (χ0n) is 15.5. The molecule has 4 nitrogen and oxygen atoms in total. The Morgan fingerprint density at radius 1 is 1.29 bits per heavy atom. The number of amides is 1. The first kappa shape index (κ1) is 19.5. The van der Waals surface area contributed by atoms with Crippen LogP contribution >= 0.6 is 0 Å². The number of carbonyl (C=O) groups excluding carboxylic acids is 1. The summed E-state index contributed by atoms with van der Waals surface area (Å²) in [6.45, 7) is 5.82. The van der Waals surface area contributed by atoms with E-state index in [0.29, 0.717) is 17.0 Å². The van der Waals surface area contributed by atoms with E-state index in [2.05, 4.69) is 16.9 Å². The summed E-state index contributed by atoms with van der Waals surface area (Å²) in [5.74, 6) is -1.04. The zero-order valence-corrected chi connectivity index (χ0v) is 15.5. The molecule has 1 amide bonds. The predicted octanol–water partition coefficient (Wildman–Crippen LogP) is 4.96. The average molecular weight is 381 g/mol. The molecule has 0 saturated heterocycles. The van der Waals surface area contributed by atoms with E-state index in [9.17, 15) is 13.6 Å². The predicted molar refractivity (Wildman–Crippen MR) is 108 cm³/mol. The number of aromatic nitrogens is 1. The number of hydrogen-bond donors (Lipinski definition) is 2. The van der Waals surface area contributed by atoms with Gasteiger partial charge in [0.2, 0.25) is 5.91 Å². The summed E-state index contributed by atoms with van der Waals surface area (Å²) in [5.41, 5.74) is 7.44. The standard InChI is InChI=1S/C22H21F2N3O/c1-3-4-16(17-11-20(25)19(24)12-18(17)23)9-13(2)15-7-8-26-21(10-15)27-22(28)14-5-6-14/h3-4,7-12,14H,2,5-6,25H2,1H3,(H,26,27,28)/b4-3-,16-9+. The zero-order chi connectivity index (χ0) is 20.3. The van der Waals surface area contributed by atoms with Gasteiger partial charge in [-0.05, 0) is 60.8 Å². The first-order chi connectivity index (χ1) is 13.4. The molecule has 3 rings (SSSR count). The van der Waals surface area contributed by atoms with E-state index in [0.717, 1.165) is 24.5 Å². The van der Waals surface area contributed by atoms with Crippen molar-refractivity contribution in [2.75, 3.05) is 11.1 Å². The summed E-state index contributed by atoms with van der Waals surface area (Å²) in [7, 11) is 0. The number of hydrogen-bond acceptors (Lipinski definition) is 3. The average Bonchev–Trinajstić information content (AvgIpc) is 3.50. The van der Waals surface area contributed by atoms with Crippen LogP contribution in [0.2, 0.25) is 0 Å². The summed E-state index contributed by atoms with van der Waals surface area (Å²) < 4.78 is 27.8. The number of pyridine rings is 1. The van der Waals surface area contributed by atoms with Crippen molar-refractivity contribution in [2.24, 2.45) is 5.92 Å². The van der Waals surface area contributed by atoms with Gasteiger partial charge in [0.1, 0.15) is 17.5 Å². The monoisotopic (exact) mass is 381 g/mol. The van der Waals surface area contributed by atoms with Gasteiger partial charge in [-0.1, -0.05) is 18.7 Å². The Hall–Kier alpha value is -3.28. The molecule has 0 atom stereocenters. The van der Waals surface area contributed by atoms with Gasteiger partial charge in [-0.2, -0.15) is 0 Å². The van der Waals surface area contributed by atoms with Gasteiger partial charge in [-0.3, -0.25) is 4.79 Å². The lowest BCUT2D eigenvalue weighted by atomic mass is 9.98. The third-order valence-electron chi connectivity index (χ3n) is 4.40. The molecule has 144 valence electrons. The number of nitrogens with zero attached hydrogens (tertiary/aromatic N) is 1. The number of anilines is 2. The number of halogens is 2. The van der Waals surface area contributed by atoms with Gasteiger partial charge in [-0.15, -0.1) is 0 Å². The Kier molecular flexibility index (Phi) is 5.68. The topological polar surface area (TPSA) is 68.0 Å². The van der Waals surface area contributed by atoms with Gasteiger partial charge < -0.3 is 11.1 Å². The fourth-order valence-corrected chi connectivity index (χ4v) is 2.73. The highest BCUT2D eigenvalue weighted by molar-refractivity contribution is 5.94. The molecule has 0 unspecified atom stereocenters. The molecule has 0 spiro atoms. The van der Waals surface area contributed by atoms with Crippen LogP contribution in [-0.2, 0) is 4.79 Å². The molecule has 1 aromatic carbocycles. The minimum absolute atomic E-state index is 0.0377. The molecule has 0 bridgehead atoms. The Morgan fingerprint density at radius 2 is 2.04 bits per heavy atom. The molecule has 3 N–H and O–H groups in total. The Bertz CT molecular complexity index is 991. The van der Waals surface area contributed by atoms with Crippen LogP contribution in [0.15, 0.2) is 55.3 Å². The molecule has 0 aliphatic heterocycles. The molecule has 1 heterocycles. The Morgan fingerprint density at radius 3 is 2.71 bits per heavy atom. The molecular formula is C22H21F2N3O. The molecule has 1 saturated carbocycles. The highest BCUT2D eigenvalue weighted by atomic mass is 19.1. The van der Waals surface area contributed by atoms with Gasteiger partial charge in [-0.25, -0.2) is 13.8 Å². The number of nitrogen functional groups attached to an aromatic ring is 1. The SMILES string of the molecule is C=C(/C=C(\C=C/C)c1cc(N)c(F)cc1F)c1ccnc(NC(=O)C2CC2)c1. The largest absolute Gasteiger partial charge is 0.396 e. The third kappa shape index (κ3) is 4.52. The summed E-state index contributed by atoms with van der Waals surface area (Å²) in [6, 6.07) is 5.48. The van der Waals surface area contributed by atoms with Gasteiger partial charge in [0.05, 0.1) is 5.69 Å². The van der Waals surface area contributed by atoms with Gasteiger partial charge in [0.15, 0.2) is 0 Å². The van der Waals surface area contributed by atoms with Crippen LogP contribution in [-0.4, -0.2) is 10.9 Å². The van der Waals surface area contributed by atoms with Crippen molar-refractivity contribution in [3.8, 4) is 0 Å². The van der Waals surface area contributed by atoms with E-state index in [1.165, 1.54) is 6.07 Å². The van der Waals surface area contributed by atoms with Crippen molar-refractivity contribution in [1.29, 1.82) is 0 Å². The second-order valence-corrected chi connectivity index (χ2v) is 6.67. The number of nitrogens with one attached hydrogen (secondary N) is 1. The minimum Gasteiger partial charge on any atom is -0.396 e. The quantitative estimate of drug-likeness (QED) is 0.549. The second-order valence-electron chi connectivity index (χ2n) is 6.67. The number of rotatable bonds is 6. The van der Waals surface area contributed by atoms with Gasteiger partial charge in [0.25, 0.3) is 0 Å². The van der Waals surface area contributed by atoms with Crippen LogP contribution in [0.1, 0.15) is 30.9 Å². The molecule has 28 heavy (non-hydrogen) atoms. The maximum absolute atomic E-state index is 14.3. The lowest BCUT2D eigenvalue weighted by molar-refractivity contribution is -0.117. The van der Waals surface area contributed by atoms with Crippen molar-refractivity contribution in [2.45, 2.75) is 19.8 Å². The number of carbonyl (C=O) groups is 1. The van der Waals surface area contributed by atoms with Crippen molar-refractivity contribution in [1.82, 2.24) is 4.98 Å². The van der Waals surface area contributed by atoms with Crippen molar-refractivity contribution < 1.29 is 13.6 Å².